The van der Waals surface area contributed by atoms with Gasteiger partial charge in [-0.15, -0.1) is 12.4 Å². The van der Waals surface area contributed by atoms with Crippen LogP contribution in [0.5, 0.6) is 0 Å². The number of nitrogens with one attached hydrogen (secondary N) is 1. The molecule has 0 aliphatic carbocycles. The first-order chi connectivity index (χ1) is 10.6. The summed E-state index contributed by atoms with van der Waals surface area (Å²) in [6.07, 6.45) is 0.549. The van der Waals surface area contributed by atoms with Gasteiger partial charge in [0, 0.05) is 25.6 Å². The Labute approximate surface area is 141 Å². The molecule has 3 rings (SSSR count). The quantitative estimate of drug-likeness (QED) is 0.927. The molecule has 1 aliphatic rings. The average molecular weight is 341 g/mol. The molecule has 0 amide bonds. The first-order valence-electron chi connectivity index (χ1n) is 7.63. The second-order valence-corrected chi connectivity index (χ2v) is 5.89. The third-order valence-corrected chi connectivity index (χ3v) is 4.17. The van der Waals surface area contributed by atoms with E-state index in [2.05, 4.69) is 27.4 Å². The fourth-order valence-electron chi connectivity index (χ4n) is 2.76. The zero-order valence-electron chi connectivity index (χ0n) is 13.3. The van der Waals surface area contributed by atoms with Crippen LogP contribution in [-0.4, -0.2) is 41.7 Å². The van der Waals surface area contributed by atoms with Crippen LogP contribution in [0.1, 0.15) is 36.2 Å². The van der Waals surface area contributed by atoms with E-state index >= 15 is 0 Å². The first-order valence-corrected chi connectivity index (χ1v) is 7.63. The Kier molecular flexibility index (Phi) is 6.10. The molecule has 2 unspecified atom stereocenters. The molecule has 5 nitrogen and oxygen atoms in total. The lowest BCUT2D eigenvalue weighted by atomic mass is 10.0. The minimum Gasteiger partial charge on any atom is -0.339 e. The number of piperazine rings is 1. The molecule has 0 bridgehead atoms. The molecule has 2 heterocycles. The van der Waals surface area contributed by atoms with Crippen LogP contribution < -0.4 is 5.32 Å². The summed E-state index contributed by atoms with van der Waals surface area (Å²) in [6.45, 7) is 4.73. The van der Waals surface area contributed by atoms with Crippen LogP contribution in [0.4, 0.5) is 4.39 Å². The van der Waals surface area contributed by atoms with Gasteiger partial charge in [-0.2, -0.15) is 4.98 Å². The van der Waals surface area contributed by atoms with E-state index in [0.717, 1.165) is 19.6 Å². The van der Waals surface area contributed by atoms with Gasteiger partial charge in [0.2, 0.25) is 5.89 Å². The number of rotatable bonds is 4. The minimum absolute atomic E-state index is 0. The molecule has 1 aliphatic heterocycles. The van der Waals surface area contributed by atoms with Crippen LogP contribution in [0, 0.1) is 5.82 Å². The molecular formula is C16H22ClFN4O. The third-order valence-electron chi connectivity index (χ3n) is 4.17. The molecular weight excluding hydrogens is 319 g/mol. The van der Waals surface area contributed by atoms with Gasteiger partial charge in [0.25, 0.3) is 0 Å². The Hall–Kier alpha value is -1.50. The maximum Gasteiger partial charge on any atom is 0.229 e. The summed E-state index contributed by atoms with van der Waals surface area (Å²) in [5.41, 5.74) is 0.672. The number of likely N-dealkylation sites (N-methyl/N-ethyl adjacent to an activating group) is 1. The van der Waals surface area contributed by atoms with Gasteiger partial charge >= 0.3 is 0 Å². The summed E-state index contributed by atoms with van der Waals surface area (Å²) in [7, 11) is 2.06. The van der Waals surface area contributed by atoms with Gasteiger partial charge in [0.1, 0.15) is 5.82 Å². The van der Waals surface area contributed by atoms with Gasteiger partial charge in [0.15, 0.2) is 5.82 Å². The fraction of sp³-hybridized carbons (Fsp3) is 0.500. The normalized spacial score (nSPS) is 20.0. The summed E-state index contributed by atoms with van der Waals surface area (Å²) in [6, 6.07) is 6.94. The highest BCUT2D eigenvalue weighted by atomic mass is 35.5. The number of aromatic nitrogens is 2. The van der Waals surface area contributed by atoms with Crippen molar-refractivity contribution in [1.29, 1.82) is 0 Å². The van der Waals surface area contributed by atoms with Gasteiger partial charge < -0.3 is 9.84 Å². The molecule has 126 valence electrons. The van der Waals surface area contributed by atoms with E-state index in [1.54, 1.807) is 12.1 Å². The van der Waals surface area contributed by atoms with E-state index in [-0.39, 0.29) is 30.2 Å². The predicted molar refractivity (Wildman–Crippen MR) is 88.3 cm³/mol. The van der Waals surface area contributed by atoms with E-state index in [1.165, 1.54) is 6.07 Å². The number of hydrogen-bond acceptors (Lipinski definition) is 5. The lowest BCUT2D eigenvalue weighted by Gasteiger charge is -2.30. The molecule has 1 fully saturated rings. The van der Waals surface area contributed by atoms with Crippen molar-refractivity contribution in [3.05, 3.63) is 47.4 Å². The largest absolute Gasteiger partial charge is 0.339 e. The van der Waals surface area contributed by atoms with E-state index in [1.807, 2.05) is 13.0 Å². The second-order valence-electron chi connectivity index (χ2n) is 5.89. The highest BCUT2D eigenvalue weighted by Gasteiger charge is 2.26. The third kappa shape index (κ3) is 4.07. The van der Waals surface area contributed by atoms with Crippen molar-refractivity contribution in [3.63, 3.8) is 0 Å². The van der Waals surface area contributed by atoms with Crippen molar-refractivity contribution in [2.24, 2.45) is 0 Å². The smallest absolute Gasteiger partial charge is 0.229 e. The Morgan fingerprint density at radius 1 is 1.43 bits per heavy atom. The van der Waals surface area contributed by atoms with Crippen LogP contribution in [0.15, 0.2) is 28.8 Å². The maximum absolute atomic E-state index is 13.7. The van der Waals surface area contributed by atoms with Crippen molar-refractivity contribution >= 4 is 12.4 Å². The van der Waals surface area contributed by atoms with Crippen LogP contribution >= 0.6 is 12.4 Å². The van der Waals surface area contributed by atoms with Crippen LogP contribution in [0.2, 0.25) is 0 Å². The maximum atomic E-state index is 13.7. The van der Waals surface area contributed by atoms with Gasteiger partial charge in [0.05, 0.1) is 6.04 Å². The Morgan fingerprint density at radius 3 is 2.96 bits per heavy atom. The van der Waals surface area contributed by atoms with Crippen LogP contribution in [-0.2, 0) is 6.42 Å². The monoisotopic (exact) mass is 340 g/mol. The van der Waals surface area contributed by atoms with E-state index in [0.29, 0.717) is 23.7 Å². The van der Waals surface area contributed by atoms with Crippen molar-refractivity contribution in [3.8, 4) is 0 Å². The Bertz CT molecular complexity index is 636. The summed E-state index contributed by atoms with van der Waals surface area (Å²) in [4.78, 5) is 6.74. The predicted octanol–water partition coefficient (Wildman–Crippen LogP) is 2.55. The van der Waals surface area contributed by atoms with Crippen molar-refractivity contribution in [2.45, 2.75) is 25.3 Å². The Morgan fingerprint density at radius 2 is 2.22 bits per heavy atom. The summed E-state index contributed by atoms with van der Waals surface area (Å²) in [5, 5.41) is 7.45. The van der Waals surface area contributed by atoms with Crippen molar-refractivity contribution in [2.75, 3.05) is 26.7 Å². The molecule has 1 N–H and O–H groups in total. The van der Waals surface area contributed by atoms with Crippen molar-refractivity contribution in [1.82, 2.24) is 20.4 Å². The molecule has 2 atom stereocenters. The first kappa shape index (κ1) is 17.8. The topological polar surface area (TPSA) is 54.2 Å². The average Bonchev–Trinajstić information content (AvgIpc) is 3.00. The summed E-state index contributed by atoms with van der Waals surface area (Å²) < 4.78 is 19.1. The van der Waals surface area contributed by atoms with Gasteiger partial charge in [-0.3, -0.25) is 4.90 Å². The number of benzene rings is 1. The Balaban J connectivity index is 0.00000192. The zero-order chi connectivity index (χ0) is 15.5. The second kappa shape index (κ2) is 7.86. The lowest BCUT2D eigenvalue weighted by molar-refractivity contribution is 0.190. The highest BCUT2D eigenvalue weighted by Crippen LogP contribution is 2.23. The van der Waals surface area contributed by atoms with Crippen molar-refractivity contribution < 1.29 is 8.91 Å². The lowest BCUT2D eigenvalue weighted by Crippen LogP contribution is -2.44. The fourth-order valence-corrected chi connectivity index (χ4v) is 2.76. The minimum atomic E-state index is -0.190. The van der Waals surface area contributed by atoms with Crippen LogP contribution in [0.3, 0.4) is 0 Å². The molecule has 23 heavy (non-hydrogen) atoms. The highest BCUT2D eigenvalue weighted by molar-refractivity contribution is 5.85. The SMILES string of the molecule is CC(Cc1ccccc1F)c1nc(C2CNCCN2C)no1.Cl. The van der Waals surface area contributed by atoms with Gasteiger partial charge in [-0.25, -0.2) is 4.39 Å². The molecule has 1 aromatic carbocycles. The van der Waals surface area contributed by atoms with E-state index in [9.17, 15) is 4.39 Å². The molecule has 2 aromatic rings. The van der Waals surface area contributed by atoms with E-state index < -0.39 is 0 Å². The molecule has 1 saturated heterocycles. The molecule has 0 radical (unpaired) electrons. The number of nitrogens with zero attached hydrogens (tertiary/aromatic N) is 3. The number of halogens is 2. The van der Waals surface area contributed by atoms with Gasteiger partial charge in [-0.05, 0) is 25.1 Å². The molecule has 7 heteroatoms. The molecule has 1 aromatic heterocycles. The molecule has 0 spiro atoms. The number of hydrogen-bond donors (Lipinski definition) is 1. The van der Waals surface area contributed by atoms with Gasteiger partial charge in [-0.1, -0.05) is 30.3 Å². The standard InChI is InChI=1S/C16H21FN4O.ClH/c1-11(9-12-5-3-4-6-13(12)17)16-19-15(20-22-16)14-10-18-7-8-21(14)2;/h3-6,11,14,18H,7-10H2,1-2H3;1H. The summed E-state index contributed by atoms with van der Waals surface area (Å²) in [5.74, 6) is 1.06. The van der Waals surface area contributed by atoms with E-state index in [4.69, 9.17) is 4.52 Å². The molecule has 0 saturated carbocycles. The summed E-state index contributed by atoms with van der Waals surface area (Å²) >= 11 is 0. The van der Waals surface area contributed by atoms with Crippen LogP contribution in [0.25, 0.3) is 0 Å². The zero-order valence-corrected chi connectivity index (χ0v) is 14.1.